The molecule has 0 saturated carbocycles. The van der Waals surface area contributed by atoms with E-state index in [0.29, 0.717) is 11.3 Å². The molecule has 0 heterocycles. The minimum atomic E-state index is -3.41. The number of ketones is 1. The average molecular weight is 449 g/mol. The van der Waals surface area contributed by atoms with Gasteiger partial charge in [-0.3, -0.25) is 9.10 Å². The fourth-order valence-corrected chi connectivity index (χ4v) is 3.00. The molecule has 10 heteroatoms. The average Bonchev–Trinajstić information content (AvgIpc) is 2.75. The number of ether oxygens (including phenoxy) is 3. The largest absolute Gasteiger partial charge is 0.502 e. The third kappa shape index (κ3) is 6.22. The van der Waals surface area contributed by atoms with Crippen LogP contribution >= 0.6 is 0 Å². The Morgan fingerprint density at radius 1 is 1.06 bits per heavy atom. The highest BCUT2D eigenvalue weighted by Gasteiger charge is 2.14. The van der Waals surface area contributed by atoms with Crippen molar-refractivity contribution in [2.75, 3.05) is 38.4 Å². The maximum absolute atomic E-state index is 12.2. The smallest absolute Gasteiger partial charge is 0.331 e. The van der Waals surface area contributed by atoms with E-state index in [-0.39, 0.29) is 22.8 Å². The van der Waals surface area contributed by atoms with Crippen LogP contribution < -0.4 is 13.8 Å². The first-order valence-corrected chi connectivity index (χ1v) is 10.8. The zero-order valence-corrected chi connectivity index (χ0v) is 18.3. The summed E-state index contributed by atoms with van der Waals surface area (Å²) in [5, 5.41) is 9.90. The molecule has 0 unspecified atom stereocenters. The minimum absolute atomic E-state index is 0.163. The number of esters is 1. The molecule has 1 N–H and O–H groups in total. The number of carbonyl (C=O) groups is 2. The maximum Gasteiger partial charge on any atom is 0.331 e. The predicted molar refractivity (Wildman–Crippen MR) is 115 cm³/mol. The van der Waals surface area contributed by atoms with Crippen molar-refractivity contribution in [2.24, 2.45) is 0 Å². The number of phenols is 1. The number of benzene rings is 2. The van der Waals surface area contributed by atoms with Crippen molar-refractivity contribution in [1.82, 2.24) is 0 Å². The lowest BCUT2D eigenvalue weighted by Gasteiger charge is -2.16. The summed E-state index contributed by atoms with van der Waals surface area (Å²) in [6, 6.07) is 8.89. The SMILES string of the molecule is COc1cc(C=CC(=O)OCC(=O)c2ccc(N(C)S(C)(=O)=O)cc2)cc(OC)c1O. The molecule has 0 saturated heterocycles. The van der Waals surface area contributed by atoms with E-state index < -0.39 is 28.4 Å². The number of methoxy groups -OCH3 is 2. The number of hydrogen-bond donors (Lipinski definition) is 1. The van der Waals surface area contributed by atoms with Gasteiger partial charge in [-0.1, -0.05) is 0 Å². The summed E-state index contributed by atoms with van der Waals surface area (Å²) in [6.07, 6.45) is 3.62. The van der Waals surface area contributed by atoms with Crippen LogP contribution in [0.25, 0.3) is 6.08 Å². The van der Waals surface area contributed by atoms with Gasteiger partial charge in [-0.25, -0.2) is 13.2 Å². The van der Waals surface area contributed by atoms with Crippen molar-refractivity contribution in [3.05, 3.63) is 53.6 Å². The standard InChI is InChI=1S/C21H23NO8S/c1-22(31(4,26)27)16-8-6-15(7-9-16)17(23)13-30-20(24)10-5-14-11-18(28-2)21(25)19(12-14)29-3/h5-12,25H,13H2,1-4H3. The van der Waals surface area contributed by atoms with Crippen LogP contribution in [0.15, 0.2) is 42.5 Å². The molecule has 0 fully saturated rings. The molecule has 0 aliphatic rings. The van der Waals surface area contributed by atoms with E-state index in [1.807, 2.05) is 0 Å². The van der Waals surface area contributed by atoms with Crippen LogP contribution in [0.5, 0.6) is 17.2 Å². The number of aromatic hydroxyl groups is 1. The Balaban J connectivity index is 1.99. The van der Waals surface area contributed by atoms with Gasteiger partial charge < -0.3 is 19.3 Å². The van der Waals surface area contributed by atoms with Gasteiger partial charge in [0, 0.05) is 18.7 Å². The zero-order chi connectivity index (χ0) is 23.2. The summed E-state index contributed by atoms with van der Waals surface area (Å²) in [7, 11) is 0.758. The van der Waals surface area contributed by atoms with Gasteiger partial charge in [-0.15, -0.1) is 0 Å². The van der Waals surface area contributed by atoms with Crippen molar-refractivity contribution < 1.29 is 37.3 Å². The van der Waals surface area contributed by atoms with Crippen LogP contribution in [0.4, 0.5) is 5.69 Å². The van der Waals surface area contributed by atoms with Crippen molar-refractivity contribution in [3.8, 4) is 17.2 Å². The Morgan fingerprint density at radius 2 is 1.61 bits per heavy atom. The topological polar surface area (TPSA) is 119 Å². The van der Waals surface area contributed by atoms with E-state index in [0.717, 1.165) is 16.6 Å². The van der Waals surface area contributed by atoms with E-state index in [2.05, 4.69) is 0 Å². The van der Waals surface area contributed by atoms with Crippen LogP contribution in [-0.2, 0) is 19.6 Å². The fraction of sp³-hybridized carbons (Fsp3) is 0.238. The Bertz CT molecular complexity index is 1070. The minimum Gasteiger partial charge on any atom is -0.502 e. The maximum atomic E-state index is 12.2. The molecule has 9 nitrogen and oxygen atoms in total. The molecule has 0 aliphatic heterocycles. The highest BCUT2D eigenvalue weighted by Crippen LogP contribution is 2.37. The predicted octanol–water partition coefficient (Wildman–Crippen LogP) is 2.24. The van der Waals surface area contributed by atoms with Gasteiger partial charge in [0.25, 0.3) is 0 Å². The Kier molecular flexibility index (Phi) is 7.65. The van der Waals surface area contributed by atoms with Gasteiger partial charge in [0.15, 0.2) is 23.9 Å². The molecule has 0 spiro atoms. The second kappa shape index (κ2) is 9.98. The van der Waals surface area contributed by atoms with Gasteiger partial charge >= 0.3 is 5.97 Å². The molecular formula is C21H23NO8S. The Labute approximate surface area is 180 Å². The highest BCUT2D eigenvalue weighted by atomic mass is 32.2. The van der Waals surface area contributed by atoms with E-state index in [1.165, 1.54) is 63.7 Å². The molecule has 31 heavy (non-hydrogen) atoms. The monoisotopic (exact) mass is 449 g/mol. The van der Waals surface area contributed by atoms with E-state index in [1.54, 1.807) is 0 Å². The van der Waals surface area contributed by atoms with Crippen molar-refractivity contribution in [3.63, 3.8) is 0 Å². The summed E-state index contributed by atoms with van der Waals surface area (Å²) >= 11 is 0. The van der Waals surface area contributed by atoms with E-state index in [9.17, 15) is 23.1 Å². The number of Topliss-reactive ketones (excluding diaryl/α,β-unsaturated/α-hetero) is 1. The van der Waals surface area contributed by atoms with Crippen LogP contribution in [0.2, 0.25) is 0 Å². The number of nitrogens with zero attached hydrogens (tertiary/aromatic N) is 1. The van der Waals surface area contributed by atoms with Gasteiger partial charge in [-0.05, 0) is 48.0 Å². The number of carbonyl (C=O) groups excluding carboxylic acids is 2. The van der Waals surface area contributed by atoms with Crippen LogP contribution in [-0.4, -0.2) is 59.4 Å². The summed E-state index contributed by atoms with van der Waals surface area (Å²) in [4.78, 5) is 24.1. The molecule has 0 radical (unpaired) electrons. The number of rotatable bonds is 9. The van der Waals surface area contributed by atoms with Crippen molar-refractivity contribution in [2.45, 2.75) is 0 Å². The van der Waals surface area contributed by atoms with Gasteiger partial charge in [0.05, 0.1) is 26.2 Å². The summed E-state index contributed by atoms with van der Waals surface area (Å²) < 4.78 is 39.2. The molecule has 0 bridgehead atoms. The third-order valence-electron chi connectivity index (χ3n) is 4.31. The molecule has 0 aromatic heterocycles. The van der Waals surface area contributed by atoms with Gasteiger partial charge in [0.1, 0.15) is 0 Å². The molecule has 0 atom stereocenters. The normalized spacial score (nSPS) is 11.2. The molecule has 166 valence electrons. The van der Waals surface area contributed by atoms with Crippen LogP contribution in [0, 0.1) is 0 Å². The number of phenolic OH excluding ortho intramolecular Hbond substituents is 1. The van der Waals surface area contributed by atoms with E-state index >= 15 is 0 Å². The first-order valence-electron chi connectivity index (χ1n) is 8.93. The molecular weight excluding hydrogens is 426 g/mol. The lowest BCUT2D eigenvalue weighted by Crippen LogP contribution is -2.24. The molecule has 0 amide bonds. The van der Waals surface area contributed by atoms with Crippen molar-refractivity contribution in [1.29, 1.82) is 0 Å². The molecule has 0 aliphatic carbocycles. The van der Waals surface area contributed by atoms with Gasteiger partial charge in [0.2, 0.25) is 15.8 Å². The quantitative estimate of drug-likeness (QED) is 0.352. The van der Waals surface area contributed by atoms with Crippen LogP contribution in [0.3, 0.4) is 0 Å². The summed E-state index contributed by atoms with van der Waals surface area (Å²) in [5.74, 6) is -1.000. The zero-order valence-electron chi connectivity index (χ0n) is 17.5. The lowest BCUT2D eigenvalue weighted by molar-refractivity contribution is -0.136. The Hall–Kier alpha value is -3.53. The van der Waals surface area contributed by atoms with E-state index in [4.69, 9.17) is 14.2 Å². The van der Waals surface area contributed by atoms with Crippen molar-refractivity contribution >= 4 is 33.5 Å². The summed E-state index contributed by atoms with van der Waals surface area (Å²) in [6.45, 7) is -0.480. The molecule has 2 aromatic rings. The first kappa shape index (κ1) is 23.7. The molecule has 2 rings (SSSR count). The lowest BCUT2D eigenvalue weighted by atomic mass is 10.1. The third-order valence-corrected chi connectivity index (χ3v) is 5.52. The molecule has 2 aromatic carbocycles. The number of anilines is 1. The second-order valence-electron chi connectivity index (χ2n) is 6.42. The Morgan fingerprint density at radius 3 is 2.10 bits per heavy atom. The fourth-order valence-electron chi connectivity index (χ4n) is 2.49. The second-order valence-corrected chi connectivity index (χ2v) is 8.43. The number of hydrogen-bond acceptors (Lipinski definition) is 8. The van der Waals surface area contributed by atoms with Crippen LogP contribution in [0.1, 0.15) is 15.9 Å². The highest BCUT2D eigenvalue weighted by molar-refractivity contribution is 7.92. The summed E-state index contributed by atoms with van der Waals surface area (Å²) in [5.41, 5.74) is 1.19. The number of sulfonamides is 1. The van der Waals surface area contributed by atoms with Gasteiger partial charge in [-0.2, -0.15) is 0 Å². The first-order chi connectivity index (χ1) is 14.6.